The standard InChI is InChI=1S/C13H9ClFN3O/c14-12-5-11(9-3-1-2-4-10(9)15)17-13-8(7-19)6-16-18(12)13/h1-5,7,16H,6H2. The van der Waals surface area contributed by atoms with Crippen molar-refractivity contribution in [1.82, 2.24) is 10.4 Å². The molecule has 6 heteroatoms. The van der Waals surface area contributed by atoms with Gasteiger partial charge >= 0.3 is 0 Å². The van der Waals surface area contributed by atoms with Crippen LogP contribution in [0.2, 0.25) is 0 Å². The van der Waals surface area contributed by atoms with E-state index in [4.69, 9.17) is 11.6 Å². The average Bonchev–Trinajstić information content (AvgIpc) is 2.82. The van der Waals surface area contributed by atoms with Gasteiger partial charge in [0, 0.05) is 18.2 Å². The maximum Gasteiger partial charge on any atom is 0.156 e. The van der Waals surface area contributed by atoms with Crippen LogP contribution in [-0.4, -0.2) is 23.6 Å². The normalized spacial score (nSPS) is 18.1. The maximum atomic E-state index is 13.8. The second-order valence-electron chi connectivity index (χ2n) is 4.08. The van der Waals surface area contributed by atoms with Crippen LogP contribution in [0.15, 0.2) is 51.9 Å². The van der Waals surface area contributed by atoms with Crippen LogP contribution in [0.1, 0.15) is 5.56 Å². The van der Waals surface area contributed by atoms with Gasteiger partial charge in [0.25, 0.3) is 0 Å². The van der Waals surface area contributed by atoms with Crippen LogP contribution in [-0.2, 0) is 4.79 Å². The van der Waals surface area contributed by atoms with Gasteiger partial charge in [-0.05, 0) is 12.1 Å². The monoisotopic (exact) mass is 277 g/mol. The Bertz CT molecular complexity index is 651. The Morgan fingerprint density at radius 2 is 2.21 bits per heavy atom. The highest BCUT2D eigenvalue weighted by Gasteiger charge is 2.28. The van der Waals surface area contributed by atoms with Crippen molar-refractivity contribution in [3.05, 3.63) is 58.3 Å². The molecule has 3 rings (SSSR count). The predicted octanol–water partition coefficient (Wildman–Crippen LogP) is 1.94. The van der Waals surface area contributed by atoms with Crippen molar-refractivity contribution in [2.45, 2.75) is 0 Å². The maximum absolute atomic E-state index is 13.8. The molecule has 0 bridgehead atoms. The van der Waals surface area contributed by atoms with Crippen molar-refractivity contribution in [3.8, 4) is 0 Å². The first-order valence-electron chi connectivity index (χ1n) is 5.63. The zero-order valence-corrected chi connectivity index (χ0v) is 10.5. The summed E-state index contributed by atoms with van der Waals surface area (Å²) in [4.78, 5) is 15.3. The molecule has 0 saturated carbocycles. The topological polar surface area (TPSA) is 44.7 Å². The van der Waals surface area contributed by atoms with Crippen molar-refractivity contribution in [1.29, 1.82) is 0 Å². The van der Waals surface area contributed by atoms with E-state index in [-0.39, 0.29) is 5.82 Å². The molecule has 0 aromatic heterocycles. The summed E-state index contributed by atoms with van der Waals surface area (Å²) in [6.45, 7) is 0.358. The third-order valence-electron chi connectivity index (χ3n) is 2.91. The molecule has 1 aromatic rings. The molecule has 0 saturated heterocycles. The second kappa shape index (κ2) is 4.60. The van der Waals surface area contributed by atoms with Crippen LogP contribution >= 0.6 is 11.6 Å². The van der Waals surface area contributed by atoms with Crippen LogP contribution < -0.4 is 5.43 Å². The van der Waals surface area contributed by atoms with Crippen molar-refractivity contribution in [2.75, 3.05) is 6.54 Å². The summed E-state index contributed by atoms with van der Waals surface area (Å²) >= 11 is 6.11. The molecule has 19 heavy (non-hydrogen) atoms. The third-order valence-corrected chi connectivity index (χ3v) is 3.19. The van der Waals surface area contributed by atoms with E-state index in [0.29, 0.717) is 34.4 Å². The highest BCUT2D eigenvalue weighted by Crippen LogP contribution is 2.28. The highest BCUT2D eigenvalue weighted by atomic mass is 35.5. The number of nitrogens with one attached hydrogen (secondary N) is 1. The molecule has 0 atom stereocenters. The van der Waals surface area contributed by atoms with Gasteiger partial charge in [0.2, 0.25) is 0 Å². The molecule has 1 N–H and O–H groups in total. The number of nitrogens with zero attached hydrogens (tertiary/aromatic N) is 2. The highest BCUT2D eigenvalue weighted by molar-refractivity contribution is 6.32. The van der Waals surface area contributed by atoms with Crippen LogP contribution in [0.3, 0.4) is 0 Å². The minimum Gasteiger partial charge on any atom is -0.298 e. The van der Waals surface area contributed by atoms with E-state index in [1.807, 2.05) is 0 Å². The fourth-order valence-corrected chi connectivity index (χ4v) is 2.23. The zero-order valence-electron chi connectivity index (χ0n) is 9.73. The Balaban J connectivity index is 2.13. The lowest BCUT2D eigenvalue weighted by atomic mass is 10.1. The summed E-state index contributed by atoms with van der Waals surface area (Å²) in [7, 11) is 0. The lowest BCUT2D eigenvalue weighted by molar-refractivity contribution is -0.104. The van der Waals surface area contributed by atoms with Crippen LogP contribution in [0, 0.1) is 5.82 Å². The van der Waals surface area contributed by atoms with E-state index in [1.165, 1.54) is 11.1 Å². The number of fused-ring (bicyclic) bond motifs is 1. The summed E-state index contributed by atoms with van der Waals surface area (Å²) in [6.07, 6.45) is 2.28. The molecule has 0 radical (unpaired) electrons. The quantitative estimate of drug-likeness (QED) is 0.664. The zero-order chi connectivity index (χ0) is 13.4. The molecule has 0 amide bonds. The molecule has 96 valence electrons. The van der Waals surface area contributed by atoms with Crippen LogP contribution in [0.25, 0.3) is 0 Å². The fraction of sp³-hybridized carbons (Fsp3) is 0.0769. The smallest absolute Gasteiger partial charge is 0.156 e. The Hall–Kier alpha value is -1.98. The van der Waals surface area contributed by atoms with Gasteiger partial charge in [-0.3, -0.25) is 4.79 Å². The van der Waals surface area contributed by atoms with E-state index >= 15 is 0 Å². The van der Waals surface area contributed by atoms with E-state index in [1.54, 1.807) is 24.3 Å². The van der Waals surface area contributed by atoms with Gasteiger partial charge < -0.3 is 0 Å². The summed E-state index contributed by atoms with van der Waals surface area (Å²) in [5, 5.41) is 1.86. The van der Waals surface area contributed by atoms with Gasteiger partial charge in [-0.1, -0.05) is 23.7 Å². The first kappa shape index (κ1) is 12.1. The number of hydrogen-bond donors (Lipinski definition) is 1. The average molecular weight is 278 g/mol. The molecule has 0 aliphatic carbocycles. The van der Waals surface area contributed by atoms with Crippen molar-refractivity contribution in [3.63, 3.8) is 0 Å². The molecule has 0 fully saturated rings. The minimum atomic E-state index is -0.380. The first-order valence-corrected chi connectivity index (χ1v) is 6.01. The molecule has 1 aromatic carbocycles. The van der Waals surface area contributed by atoms with Crippen molar-refractivity contribution < 1.29 is 9.18 Å². The number of aldehydes is 1. The van der Waals surface area contributed by atoms with E-state index in [9.17, 15) is 9.18 Å². The van der Waals surface area contributed by atoms with Crippen molar-refractivity contribution >= 4 is 23.6 Å². The van der Waals surface area contributed by atoms with Gasteiger partial charge in [0.15, 0.2) is 12.1 Å². The number of carbonyl (C=O) groups is 1. The number of hydrogen-bond acceptors (Lipinski definition) is 4. The van der Waals surface area contributed by atoms with E-state index in [0.717, 1.165) is 6.29 Å². The number of aliphatic imine (C=N–C) groups is 1. The molecule has 0 unspecified atom stereocenters. The number of carbonyl (C=O) groups excluding carboxylic acids is 1. The van der Waals surface area contributed by atoms with E-state index < -0.39 is 0 Å². The predicted molar refractivity (Wildman–Crippen MR) is 69.8 cm³/mol. The van der Waals surface area contributed by atoms with Gasteiger partial charge in [0.1, 0.15) is 11.0 Å². The van der Waals surface area contributed by atoms with Gasteiger partial charge in [-0.2, -0.15) is 0 Å². The number of rotatable bonds is 2. The Kier molecular flexibility index (Phi) is 2.93. The lowest BCUT2D eigenvalue weighted by Gasteiger charge is -2.23. The number of halogens is 2. The summed E-state index contributed by atoms with van der Waals surface area (Å²) in [6, 6.07) is 6.30. The van der Waals surface area contributed by atoms with E-state index in [2.05, 4.69) is 10.4 Å². The lowest BCUT2D eigenvalue weighted by Crippen LogP contribution is -2.31. The van der Waals surface area contributed by atoms with Crippen LogP contribution in [0.4, 0.5) is 4.39 Å². The molecular weight excluding hydrogens is 269 g/mol. The minimum absolute atomic E-state index is 0.347. The summed E-state index contributed by atoms with van der Waals surface area (Å²) in [5.41, 5.74) is 4.16. The Labute approximate surface area is 113 Å². The Morgan fingerprint density at radius 3 is 2.95 bits per heavy atom. The number of allylic oxidation sites excluding steroid dienone is 1. The molecular formula is C13H9ClFN3O. The molecule has 2 heterocycles. The Morgan fingerprint density at radius 1 is 1.42 bits per heavy atom. The number of benzene rings is 1. The molecule has 4 nitrogen and oxygen atoms in total. The van der Waals surface area contributed by atoms with Gasteiger partial charge in [-0.25, -0.2) is 19.8 Å². The molecule has 2 aliphatic rings. The summed E-state index contributed by atoms with van der Waals surface area (Å²) in [5.74, 6) is 0.0374. The largest absolute Gasteiger partial charge is 0.298 e. The first-order chi connectivity index (χ1) is 9.20. The van der Waals surface area contributed by atoms with Crippen molar-refractivity contribution in [2.24, 2.45) is 4.99 Å². The van der Waals surface area contributed by atoms with Crippen LogP contribution in [0.5, 0.6) is 0 Å². The third kappa shape index (κ3) is 1.97. The SMILES string of the molecule is O=CC1=C2N=C(c3ccccc3F)C=C(Cl)N2NC1. The number of hydrazine groups is 1. The molecule has 2 aliphatic heterocycles. The second-order valence-corrected chi connectivity index (χ2v) is 4.47. The van der Waals surface area contributed by atoms with Gasteiger partial charge in [0.05, 0.1) is 11.3 Å². The fourth-order valence-electron chi connectivity index (χ4n) is 1.99. The summed E-state index contributed by atoms with van der Waals surface area (Å²) < 4.78 is 13.8. The van der Waals surface area contributed by atoms with Gasteiger partial charge in [-0.15, -0.1) is 0 Å². The molecule has 0 spiro atoms.